The Balaban J connectivity index is 2.72. The normalized spacial score (nSPS) is 24.9. The third-order valence-electron chi connectivity index (χ3n) is 2.57. The Labute approximate surface area is 94.1 Å². The topological polar surface area (TPSA) is 98.5 Å². The molecule has 0 aromatic rings. The Bertz CT molecular complexity index is 306. The zero-order valence-corrected chi connectivity index (χ0v) is 9.41. The number of carbonyl (C=O) groups is 1. The number of ether oxygens (including phenoxy) is 1. The summed E-state index contributed by atoms with van der Waals surface area (Å²) in [5.74, 6) is -0.376. The van der Waals surface area contributed by atoms with E-state index in [4.69, 9.17) is 10.3 Å². The molecule has 0 aromatic carbocycles. The van der Waals surface area contributed by atoms with Gasteiger partial charge in [-0.2, -0.15) is 0 Å². The van der Waals surface area contributed by atoms with Crippen LogP contribution < -0.4 is 0 Å². The summed E-state index contributed by atoms with van der Waals surface area (Å²) in [6.45, 7) is 3.98. The Morgan fingerprint density at radius 3 is 3.00 bits per heavy atom. The van der Waals surface area contributed by atoms with E-state index in [2.05, 4.69) is 10.0 Å². The van der Waals surface area contributed by atoms with Crippen molar-refractivity contribution in [3.05, 3.63) is 10.4 Å². The second kappa shape index (κ2) is 5.74. The summed E-state index contributed by atoms with van der Waals surface area (Å²) in [6.07, 6.45) is 0.397. The van der Waals surface area contributed by atoms with Crippen molar-refractivity contribution in [1.29, 1.82) is 0 Å². The Hall–Kier alpha value is -1.24. The summed E-state index contributed by atoms with van der Waals surface area (Å²) in [5, 5.41) is 13.1. The van der Waals surface area contributed by atoms with Crippen molar-refractivity contribution in [3.63, 3.8) is 0 Å². The zero-order chi connectivity index (χ0) is 12.1. The van der Waals surface area contributed by atoms with Gasteiger partial charge >= 0.3 is 13.0 Å². The second-order valence-electron chi connectivity index (χ2n) is 3.69. The monoisotopic (exact) mass is 226 g/mol. The van der Waals surface area contributed by atoms with Gasteiger partial charge < -0.3 is 14.6 Å². The molecular formula is C8H15BN4O3. The lowest BCUT2D eigenvalue weighted by Gasteiger charge is -2.23. The van der Waals surface area contributed by atoms with Gasteiger partial charge in [-0.15, -0.1) is 0 Å². The number of esters is 1. The van der Waals surface area contributed by atoms with E-state index in [0.717, 1.165) is 0 Å². The van der Waals surface area contributed by atoms with Gasteiger partial charge in [0.05, 0.1) is 12.6 Å². The lowest BCUT2D eigenvalue weighted by Crippen LogP contribution is -2.45. The Morgan fingerprint density at radius 2 is 2.50 bits per heavy atom. The number of nitrogens with zero attached hydrogens (tertiary/aromatic N) is 4. The van der Waals surface area contributed by atoms with Crippen LogP contribution >= 0.6 is 0 Å². The fourth-order valence-corrected chi connectivity index (χ4v) is 1.88. The summed E-state index contributed by atoms with van der Waals surface area (Å²) < 4.78 is 4.91. The van der Waals surface area contributed by atoms with Crippen molar-refractivity contribution < 1.29 is 14.6 Å². The van der Waals surface area contributed by atoms with E-state index in [1.807, 2.05) is 0 Å². The number of rotatable bonds is 4. The predicted molar refractivity (Wildman–Crippen MR) is 58.5 cm³/mol. The molecule has 2 atom stereocenters. The fourth-order valence-electron chi connectivity index (χ4n) is 1.88. The zero-order valence-electron chi connectivity index (χ0n) is 9.41. The molecule has 88 valence electrons. The third kappa shape index (κ3) is 2.88. The van der Waals surface area contributed by atoms with Crippen LogP contribution in [0, 0.1) is 0 Å². The quantitative estimate of drug-likeness (QED) is 0.247. The fraction of sp³-hybridized carbons (Fsp3) is 0.875. The highest BCUT2D eigenvalue weighted by atomic mass is 16.5. The lowest BCUT2D eigenvalue weighted by atomic mass is 9.84. The standard InChI is InChI=1S/C8H15BN4O3/c1-3-16-8(14)7-4-6(11-12-10)5-13(7)9(2)15/h6-7,15H,3-5H2,1-2H3/t6-,7-/m0/s1. The Morgan fingerprint density at radius 1 is 1.81 bits per heavy atom. The van der Waals surface area contributed by atoms with Gasteiger partial charge in [-0.3, -0.25) is 4.79 Å². The first kappa shape index (κ1) is 12.8. The van der Waals surface area contributed by atoms with Crippen LogP contribution in [0.3, 0.4) is 0 Å². The summed E-state index contributed by atoms with van der Waals surface area (Å²) in [7, 11) is -0.756. The summed E-state index contributed by atoms with van der Waals surface area (Å²) in [6, 6.07) is -0.801. The first-order valence-corrected chi connectivity index (χ1v) is 5.24. The highest BCUT2D eigenvalue weighted by molar-refractivity contribution is 6.45. The van der Waals surface area contributed by atoms with E-state index in [1.165, 1.54) is 0 Å². The average Bonchev–Trinajstić information content (AvgIpc) is 2.63. The minimum atomic E-state index is -0.756. The molecule has 1 fully saturated rings. The molecule has 0 amide bonds. The number of carbonyl (C=O) groups excluding carboxylic acids is 1. The molecular weight excluding hydrogens is 211 g/mol. The third-order valence-corrected chi connectivity index (χ3v) is 2.57. The molecule has 0 unspecified atom stereocenters. The molecule has 1 saturated heterocycles. The van der Waals surface area contributed by atoms with Crippen molar-refractivity contribution in [2.24, 2.45) is 5.11 Å². The van der Waals surface area contributed by atoms with E-state index in [1.54, 1.807) is 18.6 Å². The first-order chi connectivity index (χ1) is 7.60. The van der Waals surface area contributed by atoms with E-state index >= 15 is 0 Å². The maximum atomic E-state index is 11.6. The summed E-state index contributed by atoms with van der Waals surface area (Å²) in [4.78, 5) is 15.9. The predicted octanol–water partition coefficient (Wildman–Crippen LogP) is 0.413. The van der Waals surface area contributed by atoms with Gasteiger partial charge in [-0.05, 0) is 32.2 Å². The van der Waals surface area contributed by atoms with Crippen molar-refractivity contribution in [2.75, 3.05) is 13.2 Å². The van der Waals surface area contributed by atoms with Gasteiger partial charge in [0.1, 0.15) is 6.04 Å². The van der Waals surface area contributed by atoms with Crippen molar-refractivity contribution in [3.8, 4) is 0 Å². The van der Waals surface area contributed by atoms with Crippen LogP contribution in [0.2, 0.25) is 6.82 Å². The first-order valence-electron chi connectivity index (χ1n) is 5.24. The molecule has 1 heterocycles. The van der Waals surface area contributed by atoms with Gasteiger partial charge in [0.25, 0.3) is 0 Å². The molecule has 1 aliphatic rings. The van der Waals surface area contributed by atoms with E-state index in [0.29, 0.717) is 19.6 Å². The molecule has 0 aromatic heterocycles. The van der Waals surface area contributed by atoms with Crippen molar-refractivity contribution in [2.45, 2.75) is 32.3 Å². The van der Waals surface area contributed by atoms with E-state index in [-0.39, 0.29) is 12.0 Å². The smallest absolute Gasteiger partial charge is 0.377 e. The van der Waals surface area contributed by atoms with Crippen LogP contribution in [0.5, 0.6) is 0 Å². The molecule has 0 spiro atoms. The SMILES string of the molecule is CCOC(=O)[C@@H]1C[C@H](N=[N+]=[N-])CN1B(C)O. The van der Waals surface area contributed by atoms with E-state index in [9.17, 15) is 9.82 Å². The summed E-state index contributed by atoms with van der Waals surface area (Å²) in [5.41, 5.74) is 8.34. The molecule has 1 N–H and O–H groups in total. The van der Waals surface area contributed by atoms with Crippen LogP contribution in [0.25, 0.3) is 10.4 Å². The number of hydrogen-bond donors (Lipinski definition) is 1. The number of hydrogen-bond acceptors (Lipinski definition) is 5. The molecule has 8 heteroatoms. The molecule has 0 saturated carbocycles. The summed E-state index contributed by atoms with van der Waals surface area (Å²) >= 11 is 0. The largest absolute Gasteiger partial charge is 0.465 e. The van der Waals surface area contributed by atoms with Gasteiger partial charge in [0, 0.05) is 4.91 Å². The minimum absolute atomic E-state index is 0.283. The van der Waals surface area contributed by atoms with Gasteiger partial charge in [0.15, 0.2) is 0 Å². The highest BCUT2D eigenvalue weighted by Crippen LogP contribution is 2.22. The molecule has 0 bridgehead atoms. The molecule has 1 aliphatic heterocycles. The van der Waals surface area contributed by atoms with E-state index < -0.39 is 13.1 Å². The van der Waals surface area contributed by atoms with Gasteiger partial charge in [-0.1, -0.05) is 5.11 Å². The van der Waals surface area contributed by atoms with Crippen LogP contribution in [0.4, 0.5) is 0 Å². The van der Waals surface area contributed by atoms with Crippen LogP contribution in [-0.4, -0.2) is 48.1 Å². The second-order valence-corrected chi connectivity index (χ2v) is 3.69. The van der Waals surface area contributed by atoms with Crippen LogP contribution in [-0.2, 0) is 9.53 Å². The van der Waals surface area contributed by atoms with Crippen molar-refractivity contribution in [1.82, 2.24) is 4.81 Å². The van der Waals surface area contributed by atoms with Gasteiger partial charge in [-0.25, -0.2) is 0 Å². The molecule has 7 nitrogen and oxygen atoms in total. The van der Waals surface area contributed by atoms with Crippen molar-refractivity contribution >= 4 is 13.0 Å². The molecule has 16 heavy (non-hydrogen) atoms. The average molecular weight is 226 g/mol. The van der Waals surface area contributed by atoms with Crippen LogP contribution in [0.15, 0.2) is 5.11 Å². The number of azide groups is 1. The lowest BCUT2D eigenvalue weighted by molar-refractivity contribution is -0.147. The minimum Gasteiger partial charge on any atom is -0.465 e. The maximum absolute atomic E-state index is 11.6. The molecule has 0 radical (unpaired) electrons. The highest BCUT2D eigenvalue weighted by Gasteiger charge is 2.40. The molecule has 0 aliphatic carbocycles. The van der Waals surface area contributed by atoms with Crippen LogP contribution in [0.1, 0.15) is 13.3 Å². The maximum Gasteiger partial charge on any atom is 0.377 e. The van der Waals surface area contributed by atoms with Gasteiger partial charge in [0.2, 0.25) is 0 Å². The molecule has 1 rings (SSSR count). The Kier molecular flexibility index (Phi) is 4.60.